The number of benzene rings is 3. The van der Waals surface area contributed by atoms with Crippen molar-refractivity contribution in [1.82, 2.24) is 10.6 Å². The molecule has 0 saturated heterocycles. The van der Waals surface area contributed by atoms with Crippen LogP contribution in [0.5, 0.6) is 0 Å². The molecular formula is C30H34N4O3S. The van der Waals surface area contributed by atoms with E-state index in [1.807, 2.05) is 93.6 Å². The molecule has 0 aromatic heterocycles. The van der Waals surface area contributed by atoms with Gasteiger partial charge in [-0.3, -0.25) is 9.59 Å². The fourth-order valence-electron chi connectivity index (χ4n) is 4.76. The molecule has 0 fully saturated rings. The zero-order valence-electron chi connectivity index (χ0n) is 21.9. The van der Waals surface area contributed by atoms with Crippen LogP contribution in [0, 0.1) is 0 Å². The topological polar surface area (TPSA) is 90.5 Å². The number of hydrogen-bond donors (Lipinski definition) is 4. The number of carbonyl (C=O) groups is 3. The lowest BCUT2D eigenvalue weighted by Gasteiger charge is -2.28. The van der Waals surface area contributed by atoms with E-state index in [2.05, 4.69) is 28.6 Å². The molecule has 0 saturated carbocycles. The van der Waals surface area contributed by atoms with Crippen molar-refractivity contribution in [2.75, 3.05) is 16.8 Å². The van der Waals surface area contributed by atoms with Gasteiger partial charge in [0.2, 0.25) is 11.8 Å². The Labute approximate surface area is 229 Å². The van der Waals surface area contributed by atoms with Gasteiger partial charge in [-0.15, -0.1) is 0 Å². The predicted molar refractivity (Wildman–Crippen MR) is 155 cm³/mol. The van der Waals surface area contributed by atoms with Gasteiger partial charge >= 0.3 is 6.03 Å². The molecule has 1 aliphatic rings. The van der Waals surface area contributed by atoms with Crippen LogP contribution in [0.15, 0.2) is 78.9 Å². The van der Waals surface area contributed by atoms with Crippen LogP contribution in [-0.2, 0) is 15.3 Å². The van der Waals surface area contributed by atoms with E-state index in [1.54, 1.807) is 6.07 Å². The largest absolute Gasteiger partial charge is 0.350 e. The first-order valence-electron chi connectivity index (χ1n) is 12.7. The summed E-state index contributed by atoms with van der Waals surface area (Å²) in [5.74, 6) is -0.226. The molecule has 1 aliphatic heterocycles. The van der Waals surface area contributed by atoms with Gasteiger partial charge < -0.3 is 20.9 Å². The normalized spacial score (nSPS) is 17.3. The monoisotopic (exact) mass is 530 g/mol. The lowest BCUT2D eigenvalue weighted by Crippen LogP contribution is -2.53. The standard InChI is InChI=1S/C30H34N4O3S/c1-30(2,3)33-27(35)18-34-26-15-8-7-14-23(26)24(21-11-5-4-6-12-21)17-25(28(34)36)32-29(37)31-22-13-9-10-20(16-22)19-38/h4-16,24-25,38H,17-19H2,1-3H3,(H,33,35)(H2,31,32,37). The minimum atomic E-state index is -0.858. The van der Waals surface area contributed by atoms with Crippen molar-refractivity contribution in [3.63, 3.8) is 0 Å². The summed E-state index contributed by atoms with van der Waals surface area (Å²) in [5, 5.41) is 8.66. The molecule has 0 bridgehead atoms. The second-order valence-electron chi connectivity index (χ2n) is 10.5. The van der Waals surface area contributed by atoms with Crippen LogP contribution in [0.4, 0.5) is 16.2 Å². The Morgan fingerprint density at radius 2 is 1.68 bits per heavy atom. The van der Waals surface area contributed by atoms with E-state index < -0.39 is 17.6 Å². The van der Waals surface area contributed by atoms with E-state index in [0.717, 1.165) is 16.7 Å². The van der Waals surface area contributed by atoms with Gasteiger partial charge in [-0.1, -0.05) is 60.7 Å². The molecule has 7 nitrogen and oxygen atoms in total. The Balaban J connectivity index is 1.68. The molecular weight excluding hydrogens is 496 g/mol. The first-order valence-corrected chi connectivity index (χ1v) is 13.3. The van der Waals surface area contributed by atoms with Crippen LogP contribution < -0.4 is 20.9 Å². The number of fused-ring (bicyclic) bond motifs is 1. The summed E-state index contributed by atoms with van der Waals surface area (Å²) in [6, 6.07) is 23.6. The lowest BCUT2D eigenvalue weighted by molar-refractivity contribution is -0.125. The number of nitrogens with zero attached hydrogens (tertiary/aromatic N) is 1. The molecule has 8 heteroatoms. The van der Waals surface area contributed by atoms with Crippen molar-refractivity contribution in [2.24, 2.45) is 0 Å². The maximum absolute atomic E-state index is 14.0. The Morgan fingerprint density at radius 1 is 0.974 bits per heavy atom. The SMILES string of the molecule is CC(C)(C)NC(=O)CN1C(=O)C(NC(=O)Nc2cccc(CS)c2)CC(c2ccccc2)c2ccccc21. The fourth-order valence-corrected chi connectivity index (χ4v) is 4.95. The highest BCUT2D eigenvalue weighted by atomic mass is 32.1. The molecule has 0 radical (unpaired) electrons. The molecule has 2 atom stereocenters. The van der Waals surface area contributed by atoms with Crippen LogP contribution >= 0.6 is 12.6 Å². The zero-order valence-corrected chi connectivity index (χ0v) is 22.8. The van der Waals surface area contributed by atoms with Crippen LogP contribution in [0.1, 0.15) is 49.8 Å². The molecule has 4 rings (SSSR count). The van der Waals surface area contributed by atoms with Gasteiger partial charge in [-0.05, 0) is 62.1 Å². The number of para-hydroxylation sites is 1. The summed E-state index contributed by atoms with van der Waals surface area (Å²) in [6.45, 7) is 5.53. The number of thiol groups is 1. The third kappa shape index (κ3) is 6.75. The number of amides is 4. The van der Waals surface area contributed by atoms with Crippen molar-refractivity contribution in [3.8, 4) is 0 Å². The molecule has 3 aromatic rings. The molecule has 0 spiro atoms. The van der Waals surface area contributed by atoms with Gasteiger partial charge in [-0.2, -0.15) is 12.6 Å². The summed E-state index contributed by atoms with van der Waals surface area (Å²) in [4.78, 5) is 41.5. The molecule has 3 aromatic carbocycles. The van der Waals surface area contributed by atoms with Gasteiger partial charge in [0, 0.05) is 28.6 Å². The predicted octanol–water partition coefficient (Wildman–Crippen LogP) is 5.09. The zero-order chi connectivity index (χ0) is 27.3. The van der Waals surface area contributed by atoms with Crippen molar-refractivity contribution >= 4 is 41.8 Å². The minimum absolute atomic E-state index is 0.154. The number of carbonyl (C=O) groups excluding carboxylic acids is 3. The minimum Gasteiger partial charge on any atom is -0.350 e. The highest BCUT2D eigenvalue weighted by Gasteiger charge is 2.37. The van der Waals surface area contributed by atoms with E-state index in [9.17, 15) is 14.4 Å². The second kappa shape index (κ2) is 11.7. The van der Waals surface area contributed by atoms with Crippen molar-refractivity contribution in [1.29, 1.82) is 0 Å². The summed E-state index contributed by atoms with van der Waals surface area (Å²) in [7, 11) is 0. The fraction of sp³-hybridized carbons (Fsp3) is 0.300. The molecule has 3 N–H and O–H groups in total. The number of urea groups is 1. The average Bonchev–Trinajstić information content (AvgIpc) is 2.99. The number of rotatable bonds is 6. The second-order valence-corrected chi connectivity index (χ2v) is 10.8. The third-order valence-corrected chi connectivity index (χ3v) is 6.69. The smallest absolute Gasteiger partial charge is 0.319 e. The van der Waals surface area contributed by atoms with E-state index >= 15 is 0 Å². The lowest BCUT2D eigenvalue weighted by atomic mass is 9.86. The van der Waals surface area contributed by atoms with Gasteiger partial charge in [0.15, 0.2) is 0 Å². The maximum atomic E-state index is 14.0. The number of nitrogens with one attached hydrogen (secondary N) is 3. The summed E-state index contributed by atoms with van der Waals surface area (Å²) in [6.07, 6.45) is 0.349. The Hall–Kier alpha value is -3.78. The Morgan fingerprint density at radius 3 is 2.39 bits per heavy atom. The highest BCUT2D eigenvalue weighted by Crippen LogP contribution is 2.39. The van der Waals surface area contributed by atoms with E-state index in [0.29, 0.717) is 23.5 Å². The summed E-state index contributed by atoms with van der Waals surface area (Å²) in [5.41, 5.74) is 3.76. The van der Waals surface area contributed by atoms with E-state index in [1.165, 1.54) is 4.90 Å². The van der Waals surface area contributed by atoms with Gasteiger partial charge in [0.1, 0.15) is 12.6 Å². The molecule has 1 heterocycles. The van der Waals surface area contributed by atoms with Crippen molar-refractivity contribution in [2.45, 2.75) is 50.4 Å². The number of anilines is 2. The van der Waals surface area contributed by atoms with Crippen LogP contribution in [0.25, 0.3) is 0 Å². The maximum Gasteiger partial charge on any atom is 0.319 e. The Kier molecular flexibility index (Phi) is 8.42. The first kappa shape index (κ1) is 27.3. The van der Waals surface area contributed by atoms with Gasteiger partial charge in [0.05, 0.1) is 0 Å². The average molecular weight is 531 g/mol. The highest BCUT2D eigenvalue weighted by molar-refractivity contribution is 7.79. The third-order valence-electron chi connectivity index (χ3n) is 6.33. The van der Waals surface area contributed by atoms with Crippen LogP contribution in [-0.4, -0.2) is 36.0 Å². The van der Waals surface area contributed by atoms with Crippen molar-refractivity contribution in [3.05, 3.63) is 95.6 Å². The van der Waals surface area contributed by atoms with Crippen LogP contribution in [0.3, 0.4) is 0 Å². The van der Waals surface area contributed by atoms with Gasteiger partial charge in [-0.25, -0.2) is 4.79 Å². The molecule has 0 aliphatic carbocycles. The quantitative estimate of drug-likeness (QED) is 0.335. The van der Waals surface area contributed by atoms with Crippen molar-refractivity contribution < 1.29 is 14.4 Å². The number of hydrogen-bond acceptors (Lipinski definition) is 4. The van der Waals surface area contributed by atoms with Crippen LogP contribution in [0.2, 0.25) is 0 Å². The summed E-state index contributed by atoms with van der Waals surface area (Å²) < 4.78 is 0. The molecule has 2 unspecified atom stereocenters. The molecule has 38 heavy (non-hydrogen) atoms. The van der Waals surface area contributed by atoms with E-state index in [4.69, 9.17) is 0 Å². The molecule has 4 amide bonds. The first-order chi connectivity index (χ1) is 18.1. The van der Waals surface area contributed by atoms with E-state index in [-0.39, 0.29) is 24.3 Å². The Bertz CT molecular complexity index is 1310. The molecule has 198 valence electrons. The van der Waals surface area contributed by atoms with Gasteiger partial charge in [0.25, 0.3) is 0 Å². The summed E-state index contributed by atoms with van der Waals surface area (Å²) >= 11 is 4.30.